The maximum absolute atomic E-state index is 10.5. The molecular formula is C22H24Cl2N2. The van der Waals surface area contributed by atoms with Gasteiger partial charge in [0.25, 0.3) is 0 Å². The number of halogens is 2. The highest BCUT2D eigenvalue weighted by Gasteiger charge is 2.53. The highest BCUT2D eigenvalue weighted by molar-refractivity contribution is 6.30. The van der Waals surface area contributed by atoms with Crippen molar-refractivity contribution in [1.82, 2.24) is 5.32 Å². The van der Waals surface area contributed by atoms with Crippen molar-refractivity contribution in [2.45, 2.75) is 44.6 Å². The molecule has 1 saturated heterocycles. The van der Waals surface area contributed by atoms with E-state index < -0.39 is 5.41 Å². The Morgan fingerprint density at radius 3 is 2.38 bits per heavy atom. The summed E-state index contributed by atoms with van der Waals surface area (Å²) in [5.41, 5.74) is 1.55. The van der Waals surface area contributed by atoms with E-state index in [4.69, 9.17) is 23.2 Å². The second kappa shape index (κ2) is 7.24. The van der Waals surface area contributed by atoms with Crippen LogP contribution in [0.5, 0.6) is 0 Å². The van der Waals surface area contributed by atoms with Gasteiger partial charge in [-0.15, -0.1) is 0 Å². The van der Waals surface area contributed by atoms with Crippen LogP contribution in [-0.2, 0) is 5.41 Å². The van der Waals surface area contributed by atoms with E-state index in [1.165, 1.54) is 0 Å². The summed E-state index contributed by atoms with van der Waals surface area (Å²) in [6, 6.07) is 18.4. The van der Waals surface area contributed by atoms with Gasteiger partial charge in [-0.05, 0) is 47.2 Å². The normalized spacial score (nSPS) is 25.8. The molecule has 0 aromatic heterocycles. The number of benzene rings is 2. The van der Waals surface area contributed by atoms with E-state index in [9.17, 15) is 5.26 Å². The summed E-state index contributed by atoms with van der Waals surface area (Å²) in [5.74, 6) is 0.0275. The fraction of sp³-hybridized carbons (Fsp3) is 0.409. The molecule has 26 heavy (non-hydrogen) atoms. The zero-order chi connectivity index (χ0) is 18.9. The van der Waals surface area contributed by atoms with Crippen molar-refractivity contribution < 1.29 is 0 Å². The van der Waals surface area contributed by atoms with Gasteiger partial charge in [0.15, 0.2) is 0 Å². The van der Waals surface area contributed by atoms with E-state index in [-0.39, 0.29) is 17.4 Å². The summed E-state index contributed by atoms with van der Waals surface area (Å²) >= 11 is 12.4. The van der Waals surface area contributed by atoms with Crippen molar-refractivity contribution >= 4 is 23.2 Å². The first kappa shape index (κ1) is 19.2. The molecule has 0 amide bonds. The molecule has 2 aromatic rings. The first-order valence-electron chi connectivity index (χ1n) is 8.92. The number of hydrogen-bond acceptors (Lipinski definition) is 2. The van der Waals surface area contributed by atoms with Gasteiger partial charge in [-0.1, -0.05) is 68.2 Å². The molecule has 1 heterocycles. The van der Waals surface area contributed by atoms with Gasteiger partial charge in [-0.25, -0.2) is 0 Å². The molecule has 0 spiro atoms. The molecule has 2 nitrogen and oxygen atoms in total. The SMILES string of the molecule is CC(C)(C)CC1NCC(c2cccc(Cl)c2)[C@@]1(C#N)c1ccc(Cl)cc1. The quantitative estimate of drug-likeness (QED) is 0.707. The first-order chi connectivity index (χ1) is 12.3. The van der Waals surface area contributed by atoms with E-state index >= 15 is 0 Å². The maximum atomic E-state index is 10.5. The molecule has 136 valence electrons. The van der Waals surface area contributed by atoms with Crippen LogP contribution in [0.15, 0.2) is 48.5 Å². The van der Waals surface area contributed by atoms with Crippen LogP contribution < -0.4 is 5.32 Å². The molecule has 2 aromatic carbocycles. The number of hydrogen-bond donors (Lipinski definition) is 1. The third-order valence-corrected chi connectivity index (χ3v) is 5.73. The van der Waals surface area contributed by atoms with Crippen LogP contribution in [0.25, 0.3) is 0 Å². The van der Waals surface area contributed by atoms with Crippen LogP contribution in [0.2, 0.25) is 10.0 Å². The Balaban J connectivity index is 2.15. The van der Waals surface area contributed by atoms with Crippen molar-refractivity contribution in [2.75, 3.05) is 6.54 Å². The number of nitrogens with zero attached hydrogens (tertiary/aromatic N) is 1. The molecule has 1 N–H and O–H groups in total. The Labute approximate surface area is 166 Å². The third kappa shape index (κ3) is 3.62. The van der Waals surface area contributed by atoms with Crippen LogP contribution in [0.1, 0.15) is 44.2 Å². The van der Waals surface area contributed by atoms with Crippen molar-refractivity contribution in [3.8, 4) is 6.07 Å². The van der Waals surface area contributed by atoms with E-state index in [0.29, 0.717) is 10.0 Å². The van der Waals surface area contributed by atoms with Crippen molar-refractivity contribution in [1.29, 1.82) is 5.26 Å². The largest absolute Gasteiger partial charge is 0.311 e. The van der Waals surface area contributed by atoms with Gasteiger partial charge in [0.1, 0.15) is 5.41 Å². The third-order valence-electron chi connectivity index (χ3n) is 5.24. The van der Waals surface area contributed by atoms with E-state index in [1.807, 2.05) is 42.5 Å². The Morgan fingerprint density at radius 2 is 1.81 bits per heavy atom. The lowest BCUT2D eigenvalue weighted by Crippen LogP contribution is -2.44. The molecule has 3 rings (SSSR count). The number of nitrogens with one attached hydrogen (secondary N) is 1. The monoisotopic (exact) mass is 386 g/mol. The molecule has 2 unspecified atom stereocenters. The molecule has 3 atom stereocenters. The van der Waals surface area contributed by atoms with Crippen LogP contribution >= 0.6 is 23.2 Å². The molecule has 0 bridgehead atoms. The van der Waals surface area contributed by atoms with Gasteiger partial charge in [-0.3, -0.25) is 0 Å². The summed E-state index contributed by atoms with van der Waals surface area (Å²) in [5, 5.41) is 15.5. The molecule has 0 saturated carbocycles. The van der Waals surface area contributed by atoms with Gasteiger partial charge in [-0.2, -0.15) is 5.26 Å². The molecule has 1 aliphatic rings. The smallest absolute Gasteiger partial charge is 0.105 e. The van der Waals surface area contributed by atoms with Crippen molar-refractivity contribution in [3.63, 3.8) is 0 Å². The number of rotatable bonds is 3. The highest BCUT2D eigenvalue weighted by atomic mass is 35.5. The minimum Gasteiger partial charge on any atom is -0.311 e. The topological polar surface area (TPSA) is 35.8 Å². The summed E-state index contributed by atoms with van der Waals surface area (Å²) < 4.78 is 0. The minimum absolute atomic E-state index is 0.0275. The second-order valence-corrected chi connectivity index (χ2v) is 9.19. The molecule has 1 fully saturated rings. The van der Waals surface area contributed by atoms with Crippen molar-refractivity contribution in [2.24, 2.45) is 5.41 Å². The van der Waals surface area contributed by atoms with Crippen LogP contribution in [-0.4, -0.2) is 12.6 Å². The first-order valence-corrected chi connectivity index (χ1v) is 9.68. The molecule has 0 aliphatic carbocycles. The van der Waals surface area contributed by atoms with Crippen LogP contribution in [0, 0.1) is 16.7 Å². The molecule has 1 aliphatic heterocycles. The zero-order valence-corrected chi connectivity index (χ0v) is 16.9. The van der Waals surface area contributed by atoms with Gasteiger partial charge in [0.05, 0.1) is 6.07 Å². The van der Waals surface area contributed by atoms with Crippen LogP contribution in [0.3, 0.4) is 0 Å². The number of nitriles is 1. The lowest BCUT2D eigenvalue weighted by atomic mass is 9.64. The fourth-order valence-electron chi connectivity index (χ4n) is 4.12. The Kier molecular flexibility index (Phi) is 5.35. The summed E-state index contributed by atoms with van der Waals surface area (Å²) in [6.45, 7) is 7.39. The lowest BCUT2D eigenvalue weighted by molar-refractivity contribution is 0.282. The van der Waals surface area contributed by atoms with E-state index in [0.717, 1.165) is 24.1 Å². The summed E-state index contributed by atoms with van der Waals surface area (Å²) in [6.07, 6.45) is 0.903. The standard InChI is InChI=1S/C22H24Cl2N2/c1-21(2,3)12-20-22(14-25,16-7-9-17(23)10-8-16)19(13-26-20)15-5-4-6-18(24)11-15/h4-11,19-20,26H,12-13H2,1-3H3/t19?,20?,22-/m1/s1. The molecule has 4 heteroatoms. The highest BCUT2D eigenvalue weighted by Crippen LogP contribution is 2.48. The van der Waals surface area contributed by atoms with Gasteiger partial charge < -0.3 is 5.32 Å². The van der Waals surface area contributed by atoms with Crippen molar-refractivity contribution in [3.05, 3.63) is 69.7 Å². The average Bonchev–Trinajstić information content (AvgIpc) is 2.93. The Morgan fingerprint density at radius 1 is 1.12 bits per heavy atom. The lowest BCUT2D eigenvalue weighted by Gasteiger charge is -2.37. The van der Waals surface area contributed by atoms with Gasteiger partial charge in [0.2, 0.25) is 0 Å². The van der Waals surface area contributed by atoms with E-state index in [2.05, 4.69) is 38.2 Å². The van der Waals surface area contributed by atoms with Crippen LogP contribution in [0.4, 0.5) is 0 Å². The molecule has 0 radical (unpaired) electrons. The van der Waals surface area contributed by atoms with Gasteiger partial charge in [0, 0.05) is 28.5 Å². The predicted octanol–water partition coefficient (Wildman–Crippen LogP) is 5.95. The Hall–Kier alpha value is -1.53. The average molecular weight is 387 g/mol. The second-order valence-electron chi connectivity index (χ2n) is 8.32. The summed E-state index contributed by atoms with van der Waals surface area (Å²) in [4.78, 5) is 0. The predicted molar refractivity (Wildman–Crippen MR) is 109 cm³/mol. The van der Waals surface area contributed by atoms with Gasteiger partial charge >= 0.3 is 0 Å². The fourth-order valence-corrected chi connectivity index (χ4v) is 4.45. The Bertz CT molecular complexity index is 817. The van der Waals surface area contributed by atoms with E-state index in [1.54, 1.807) is 0 Å². The summed E-state index contributed by atoms with van der Waals surface area (Å²) in [7, 11) is 0. The molecular weight excluding hydrogens is 363 g/mol. The zero-order valence-electron chi connectivity index (χ0n) is 15.4. The maximum Gasteiger partial charge on any atom is 0.105 e. The minimum atomic E-state index is -0.664.